The first-order valence-electron chi connectivity index (χ1n) is 9.58. The quantitative estimate of drug-likeness (QED) is 0.411. The number of aliphatic hydroxyl groups excluding tert-OH is 3. The van der Waals surface area contributed by atoms with Crippen LogP contribution in [-0.4, -0.2) is 63.5 Å². The summed E-state index contributed by atoms with van der Waals surface area (Å²) in [5.74, 6) is 0.209. The van der Waals surface area contributed by atoms with E-state index in [2.05, 4.69) is 6.92 Å². The number of hydrogen-bond donors (Lipinski definition) is 3. The molecule has 0 saturated carbocycles. The van der Waals surface area contributed by atoms with Crippen LogP contribution in [0.1, 0.15) is 49.4 Å². The minimum atomic E-state index is -1.32. The number of benzene rings is 1. The standard InChI is InChI=1S/C20H30O6S/c1-2-3-4-5-9-12-27-20-18(17(23)16(22)15(13-21)25-20)26-19(24)14-10-7-6-8-11-14/h6-8,10-11,15-18,20-23H,2-5,9,12-13H2,1H3/t15-,16-,17+,18+,20+/m1/s1. The molecule has 1 saturated heterocycles. The van der Waals surface area contributed by atoms with Crippen LogP contribution in [0.25, 0.3) is 0 Å². The van der Waals surface area contributed by atoms with Crippen LogP contribution in [0.4, 0.5) is 0 Å². The van der Waals surface area contributed by atoms with Gasteiger partial charge in [-0.15, -0.1) is 11.8 Å². The van der Waals surface area contributed by atoms with Crippen LogP contribution in [0.5, 0.6) is 0 Å². The Hall–Kier alpha value is -1.12. The van der Waals surface area contributed by atoms with Crippen molar-refractivity contribution in [1.29, 1.82) is 0 Å². The predicted molar refractivity (Wildman–Crippen MR) is 105 cm³/mol. The average Bonchev–Trinajstić information content (AvgIpc) is 2.70. The Balaban J connectivity index is 1.98. The van der Waals surface area contributed by atoms with E-state index < -0.39 is 42.4 Å². The van der Waals surface area contributed by atoms with Crippen molar-refractivity contribution in [3.05, 3.63) is 35.9 Å². The third-order valence-electron chi connectivity index (χ3n) is 4.61. The minimum Gasteiger partial charge on any atom is -0.452 e. The van der Waals surface area contributed by atoms with Gasteiger partial charge in [0.05, 0.1) is 12.2 Å². The van der Waals surface area contributed by atoms with Gasteiger partial charge < -0.3 is 24.8 Å². The zero-order valence-corrected chi connectivity index (χ0v) is 16.5. The second-order valence-electron chi connectivity index (χ2n) is 6.73. The molecule has 6 nitrogen and oxygen atoms in total. The van der Waals surface area contributed by atoms with Gasteiger partial charge in [0.1, 0.15) is 23.7 Å². The molecule has 27 heavy (non-hydrogen) atoms. The minimum absolute atomic E-state index is 0.367. The van der Waals surface area contributed by atoms with E-state index in [0.717, 1.165) is 18.6 Å². The third kappa shape index (κ3) is 6.47. The van der Waals surface area contributed by atoms with Crippen molar-refractivity contribution in [1.82, 2.24) is 0 Å². The van der Waals surface area contributed by atoms with Gasteiger partial charge in [0.15, 0.2) is 6.10 Å². The monoisotopic (exact) mass is 398 g/mol. The molecule has 0 aromatic heterocycles. The van der Waals surface area contributed by atoms with Gasteiger partial charge in [0, 0.05) is 0 Å². The van der Waals surface area contributed by atoms with E-state index in [4.69, 9.17) is 9.47 Å². The molecule has 0 bridgehead atoms. The van der Waals surface area contributed by atoms with E-state index in [1.165, 1.54) is 31.0 Å². The van der Waals surface area contributed by atoms with E-state index in [9.17, 15) is 20.1 Å². The lowest BCUT2D eigenvalue weighted by atomic mass is 10.00. The highest BCUT2D eigenvalue weighted by Crippen LogP contribution is 2.31. The first-order chi connectivity index (χ1) is 13.1. The Kier molecular flexibility index (Phi) is 9.58. The molecular weight excluding hydrogens is 368 g/mol. The van der Waals surface area contributed by atoms with Gasteiger partial charge in [-0.1, -0.05) is 50.8 Å². The maximum absolute atomic E-state index is 12.4. The smallest absolute Gasteiger partial charge is 0.338 e. The topological polar surface area (TPSA) is 96.2 Å². The molecule has 1 aliphatic rings. The van der Waals surface area contributed by atoms with Gasteiger partial charge in [0.25, 0.3) is 0 Å². The number of rotatable bonds is 10. The fraction of sp³-hybridized carbons (Fsp3) is 0.650. The van der Waals surface area contributed by atoms with Crippen LogP contribution in [-0.2, 0) is 9.47 Å². The molecule has 0 radical (unpaired) electrons. The largest absolute Gasteiger partial charge is 0.452 e. The van der Waals surface area contributed by atoms with Gasteiger partial charge >= 0.3 is 5.97 Å². The summed E-state index contributed by atoms with van der Waals surface area (Å²) in [7, 11) is 0. The number of hydrogen-bond acceptors (Lipinski definition) is 7. The molecule has 0 amide bonds. The Morgan fingerprint density at radius 1 is 1.11 bits per heavy atom. The summed E-state index contributed by atoms with van der Waals surface area (Å²) in [5.41, 5.74) is -0.272. The van der Waals surface area contributed by atoms with Gasteiger partial charge in [-0.2, -0.15) is 0 Å². The molecule has 7 heteroatoms. The Morgan fingerprint density at radius 2 is 1.81 bits per heavy atom. The Morgan fingerprint density at radius 3 is 2.48 bits per heavy atom. The van der Waals surface area contributed by atoms with Crippen molar-refractivity contribution >= 4 is 17.7 Å². The molecule has 1 aromatic rings. The lowest BCUT2D eigenvalue weighted by Crippen LogP contribution is -2.58. The summed E-state index contributed by atoms with van der Waals surface area (Å²) in [6, 6.07) is 8.50. The normalized spacial score (nSPS) is 28.1. The van der Waals surface area contributed by atoms with Crippen LogP contribution in [0.2, 0.25) is 0 Å². The third-order valence-corrected chi connectivity index (χ3v) is 5.84. The van der Waals surface area contributed by atoms with E-state index in [-0.39, 0.29) is 0 Å². The summed E-state index contributed by atoms with van der Waals surface area (Å²) in [5, 5.41) is 30.0. The maximum atomic E-state index is 12.4. The Bertz CT molecular complexity index is 555. The molecule has 1 heterocycles. The van der Waals surface area contributed by atoms with Gasteiger partial charge in [-0.3, -0.25) is 0 Å². The van der Waals surface area contributed by atoms with Crippen LogP contribution in [0.3, 0.4) is 0 Å². The van der Waals surface area contributed by atoms with E-state index >= 15 is 0 Å². The summed E-state index contributed by atoms with van der Waals surface area (Å²) >= 11 is 1.44. The second kappa shape index (κ2) is 11.7. The van der Waals surface area contributed by atoms with Gasteiger partial charge in [-0.25, -0.2) is 4.79 Å². The summed E-state index contributed by atoms with van der Waals surface area (Å²) in [4.78, 5) is 12.4. The SMILES string of the molecule is CCCCCCCS[C@@H]1O[C@H](CO)[C@@H](O)[C@H](O)[C@@H]1OC(=O)c1ccccc1. The maximum Gasteiger partial charge on any atom is 0.338 e. The van der Waals surface area contributed by atoms with Crippen LogP contribution < -0.4 is 0 Å². The molecule has 1 aliphatic heterocycles. The number of thioether (sulfide) groups is 1. The highest BCUT2D eigenvalue weighted by Gasteiger charge is 2.46. The number of esters is 1. The van der Waals surface area contributed by atoms with Crippen LogP contribution in [0.15, 0.2) is 30.3 Å². The molecule has 152 valence electrons. The molecule has 0 unspecified atom stereocenters. The highest BCUT2D eigenvalue weighted by atomic mass is 32.2. The summed E-state index contributed by atoms with van der Waals surface area (Å²) in [6.07, 6.45) is 1.13. The molecule has 5 atom stereocenters. The van der Waals surface area contributed by atoms with Crippen molar-refractivity contribution in [2.24, 2.45) is 0 Å². The van der Waals surface area contributed by atoms with E-state index in [0.29, 0.717) is 5.56 Å². The van der Waals surface area contributed by atoms with Gasteiger partial charge in [-0.05, 0) is 24.3 Å². The number of aliphatic hydroxyl groups is 3. The van der Waals surface area contributed by atoms with Crippen LogP contribution in [0, 0.1) is 0 Å². The van der Waals surface area contributed by atoms with Gasteiger partial charge in [0.2, 0.25) is 0 Å². The molecule has 0 aliphatic carbocycles. The first kappa shape index (κ1) is 22.2. The average molecular weight is 399 g/mol. The van der Waals surface area contributed by atoms with Crippen molar-refractivity contribution in [3.63, 3.8) is 0 Å². The molecule has 0 spiro atoms. The van der Waals surface area contributed by atoms with Crippen molar-refractivity contribution in [2.75, 3.05) is 12.4 Å². The fourth-order valence-electron chi connectivity index (χ4n) is 2.99. The molecule has 3 N–H and O–H groups in total. The highest BCUT2D eigenvalue weighted by molar-refractivity contribution is 7.99. The van der Waals surface area contributed by atoms with E-state index in [1.807, 2.05) is 0 Å². The number of ether oxygens (including phenoxy) is 2. The molecule has 1 fully saturated rings. The van der Waals surface area contributed by atoms with Crippen molar-refractivity contribution in [3.8, 4) is 0 Å². The van der Waals surface area contributed by atoms with E-state index in [1.54, 1.807) is 30.3 Å². The fourth-order valence-corrected chi connectivity index (χ4v) is 4.22. The predicted octanol–water partition coefficient (Wildman–Crippen LogP) is 2.35. The van der Waals surface area contributed by atoms with Crippen molar-refractivity contribution < 1.29 is 29.6 Å². The first-order valence-corrected chi connectivity index (χ1v) is 10.6. The number of unbranched alkanes of at least 4 members (excludes halogenated alkanes) is 4. The van der Waals surface area contributed by atoms with Crippen LogP contribution >= 0.6 is 11.8 Å². The summed E-state index contributed by atoms with van der Waals surface area (Å²) in [6.45, 7) is 1.75. The zero-order valence-electron chi connectivity index (χ0n) is 15.7. The molecular formula is C20H30O6S. The molecule has 2 rings (SSSR count). The number of carbonyl (C=O) groups excluding carboxylic acids is 1. The zero-order chi connectivity index (χ0) is 19.6. The lowest BCUT2D eigenvalue weighted by Gasteiger charge is -2.41. The molecule has 1 aromatic carbocycles. The summed E-state index contributed by atoms with van der Waals surface area (Å²) < 4.78 is 11.2. The lowest BCUT2D eigenvalue weighted by molar-refractivity contribution is -0.206. The Labute approximate surface area is 164 Å². The number of carbonyl (C=O) groups is 1. The second-order valence-corrected chi connectivity index (χ2v) is 7.93. The van der Waals surface area contributed by atoms with Crippen molar-refractivity contribution in [2.45, 2.75) is 68.9 Å².